The summed E-state index contributed by atoms with van der Waals surface area (Å²) in [6.07, 6.45) is 1.70. The second-order valence-corrected chi connectivity index (χ2v) is 4.84. The second kappa shape index (κ2) is 7.79. The van der Waals surface area contributed by atoms with Crippen molar-refractivity contribution in [3.63, 3.8) is 0 Å². The number of hydrogen-bond acceptors (Lipinski definition) is 3. The highest BCUT2D eigenvalue weighted by Gasteiger charge is 2.15. The average Bonchev–Trinajstić information content (AvgIpc) is 2.44. The number of ether oxygens (including phenoxy) is 1. The largest absolute Gasteiger partial charge is 0.497 e. The maximum Gasteiger partial charge on any atom is 0.223 e. The Labute approximate surface area is 115 Å². The lowest BCUT2D eigenvalue weighted by atomic mass is 10.0. The SMILES string of the molecule is COc1cccc([C@H](C)NC(=O)C(C)CCCN)c1. The van der Waals surface area contributed by atoms with Crippen molar-refractivity contribution in [1.29, 1.82) is 0 Å². The van der Waals surface area contributed by atoms with Crippen molar-refractivity contribution < 1.29 is 9.53 Å². The lowest BCUT2D eigenvalue weighted by molar-refractivity contribution is -0.125. The van der Waals surface area contributed by atoms with Gasteiger partial charge in [0.2, 0.25) is 5.91 Å². The molecule has 1 aromatic rings. The van der Waals surface area contributed by atoms with Crippen molar-refractivity contribution in [2.45, 2.75) is 32.7 Å². The number of carbonyl (C=O) groups is 1. The molecule has 2 atom stereocenters. The Bertz CT molecular complexity index is 407. The standard InChI is InChI=1S/C15H24N2O2/c1-11(6-5-9-16)15(18)17-12(2)13-7-4-8-14(10-13)19-3/h4,7-8,10-12H,5-6,9,16H2,1-3H3,(H,17,18)/t11?,12-/m0/s1. The molecule has 1 unspecified atom stereocenters. The first-order chi connectivity index (χ1) is 9.08. The third-order valence-electron chi connectivity index (χ3n) is 3.24. The molecule has 0 aromatic heterocycles. The molecule has 0 aliphatic carbocycles. The smallest absolute Gasteiger partial charge is 0.223 e. The molecule has 0 radical (unpaired) electrons. The number of amides is 1. The maximum absolute atomic E-state index is 12.0. The maximum atomic E-state index is 12.0. The van der Waals surface area contributed by atoms with Gasteiger partial charge in [0.25, 0.3) is 0 Å². The van der Waals surface area contributed by atoms with E-state index in [-0.39, 0.29) is 17.9 Å². The molecule has 3 N–H and O–H groups in total. The summed E-state index contributed by atoms with van der Waals surface area (Å²) >= 11 is 0. The molecule has 4 nitrogen and oxygen atoms in total. The predicted molar refractivity (Wildman–Crippen MR) is 77.0 cm³/mol. The van der Waals surface area contributed by atoms with Crippen LogP contribution in [-0.2, 0) is 4.79 Å². The topological polar surface area (TPSA) is 64.3 Å². The number of rotatable bonds is 7. The Morgan fingerprint density at radius 1 is 1.42 bits per heavy atom. The normalized spacial score (nSPS) is 13.7. The summed E-state index contributed by atoms with van der Waals surface area (Å²) in [5, 5.41) is 3.02. The van der Waals surface area contributed by atoms with Gasteiger partial charge in [0, 0.05) is 5.92 Å². The highest BCUT2D eigenvalue weighted by molar-refractivity contribution is 5.78. The third kappa shape index (κ3) is 4.91. The van der Waals surface area contributed by atoms with Crippen molar-refractivity contribution in [3.05, 3.63) is 29.8 Å². The van der Waals surface area contributed by atoms with E-state index in [1.165, 1.54) is 0 Å². The molecular weight excluding hydrogens is 240 g/mol. The van der Waals surface area contributed by atoms with Crippen LogP contribution in [0.5, 0.6) is 5.75 Å². The van der Waals surface area contributed by atoms with Gasteiger partial charge in [0.15, 0.2) is 0 Å². The van der Waals surface area contributed by atoms with Crippen LogP contribution in [0.1, 0.15) is 38.3 Å². The van der Waals surface area contributed by atoms with Gasteiger partial charge >= 0.3 is 0 Å². The van der Waals surface area contributed by atoms with Gasteiger partial charge in [-0.25, -0.2) is 0 Å². The summed E-state index contributed by atoms with van der Waals surface area (Å²) < 4.78 is 5.18. The Kier molecular flexibility index (Phi) is 6.36. The van der Waals surface area contributed by atoms with Crippen LogP contribution in [0.25, 0.3) is 0 Å². The van der Waals surface area contributed by atoms with Gasteiger partial charge in [-0.3, -0.25) is 4.79 Å². The summed E-state index contributed by atoms with van der Waals surface area (Å²) in [7, 11) is 1.64. The quantitative estimate of drug-likeness (QED) is 0.794. The first-order valence-corrected chi connectivity index (χ1v) is 6.73. The molecule has 0 bridgehead atoms. The van der Waals surface area contributed by atoms with E-state index in [1.54, 1.807) is 7.11 Å². The zero-order chi connectivity index (χ0) is 14.3. The van der Waals surface area contributed by atoms with E-state index in [2.05, 4.69) is 5.32 Å². The van der Waals surface area contributed by atoms with Crippen molar-refractivity contribution in [2.24, 2.45) is 11.7 Å². The van der Waals surface area contributed by atoms with E-state index in [9.17, 15) is 4.79 Å². The predicted octanol–water partition coefficient (Wildman–Crippen LogP) is 2.25. The Morgan fingerprint density at radius 2 is 2.16 bits per heavy atom. The van der Waals surface area contributed by atoms with Gasteiger partial charge in [0.1, 0.15) is 5.75 Å². The number of nitrogens with one attached hydrogen (secondary N) is 1. The van der Waals surface area contributed by atoms with E-state index >= 15 is 0 Å². The van der Waals surface area contributed by atoms with Crippen LogP contribution >= 0.6 is 0 Å². The van der Waals surface area contributed by atoms with Gasteiger partial charge in [0.05, 0.1) is 13.2 Å². The molecule has 0 fully saturated rings. The van der Waals surface area contributed by atoms with E-state index < -0.39 is 0 Å². The van der Waals surface area contributed by atoms with E-state index in [0.29, 0.717) is 6.54 Å². The lowest BCUT2D eigenvalue weighted by Crippen LogP contribution is -2.31. The number of hydrogen-bond donors (Lipinski definition) is 2. The van der Waals surface area contributed by atoms with E-state index in [4.69, 9.17) is 10.5 Å². The molecule has 0 saturated heterocycles. The zero-order valence-electron chi connectivity index (χ0n) is 12.0. The van der Waals surface area contributed by atoms with Crippen LogP contribution < -0.4 is 15.8 Å². The van der Waals surface area contributed by atoms with Crippen molar-refractivity contribution in [3.8, 4) is 5.75 Å². The third-order valence-corrected chi connectivity index (χ3v) is 3.24. The fraction of sp³-hybridized carbons (Fsp3) is 0.533. The summed E-state index contributed by atoms with van der Waals surface area (Å²) in [5.74, 6) is 0.871. The molecule has 106 valence electrons. The van der Waals surface area contributed by atoms with Crippen LogP contribution in [0.2, 0.25) is 0 Å². The van der Waals surface area contributed by atoms with E-state index in [0.717, 1.165) is 24.2 Å². The fourth-order valence-electron chi connectivity index (χ4n) is 1.90. The number of methoxy groups -OCH3 is 1. The molecule has 0 spiro atoms. The van der Waals surface area contributed by atoms with Crippen molar-refractivity contribution in [1.82, 2.24) is 5.32 Å². The van der Waals surface area contributed by atoms with Gasteiger partial charge in [-0.1, -0.05) is 19.1 Å². The number of carbonyl (C=O) groups excluding carboxylic acids is 1. The number of nitrogens with two attached hydrogens (primary N) is 1. The Morgan fingerprint density at radius 3 is 2.79 bits per heavy atom. The van der Waals surface area contributed by atoms with E-state index in [1.807, 2.05) is 38.1 Å². The highest BCUT2D eigenvalue weighted by Crippen LogP contribution is 2.19. The molecule has 0 aliphatic heterocycles. The summed E-state index contributed by atoms with van der Waals surface area (Å²) in [4.78, 5) is 12.0. The summed E-state index contributed by atoms with van der Waals surface area (Å²) in [6, 6.07) is 7.72. The molecule has 0 aliphatic rings. The van der Waals surface area contributed by atoms with Gasteiger partial charge in [-0.05, 0) is 44.0 Å². The van der Waals surface area contributed by atoms with Crippen molar-refractivity contribution in [2.75, 3.05) is 13.7 Å². The minimum Gasteiger partial charge on any atom is -0.497 e. The number of benzene rings is 1. The van der Waals surface area contributed by atoms with Gasteiger partial charge < -0.3 is 15.8 Å². The minimum atomic E-state index is -0.0251. The molecule has 1 rings (SSSR count). The summed E-state index contributed by atoms with van der Waals surface area (Å²) in [5.41, 5.74) is 6.50. The fourth-order valence-corrected chi connectivity index (χ4v) is 1.90. The van der Waals surface area contributed by atoms with Gasteiger partial charge in [-0.15, -0.1) is 0 Å². The molecule has 1 amide bonds. The molecule has 19 heavy (non-hydrogen) atoms. The van der Waals surface area contributed by atoms with Crippen LogP contribution in [0, 0.1) is 5.92 Å². The minimum absolute atomic E-state index is 0.00314. The molecule has 4 heteroatoms. The Balaban J connectivity index is 2.58. The first-order valence-electron chi connectivity index (χ1n) is 6.73. The molecular formula is C15H24N2O2. The molecule has 0 heterocycles. The average molecular weight is 264 g/mol. The van der Waals surface area contributed by atoms with Crippen LogP contribution in [0.4, 0.5) is 0 Å². The highest BCUT2D eigenvalue weighted by atomic mass is 16.5. The van der Waals surface area contributed by atoms with Crippen molar-refractivity contribution >= 4 is 5.91 Å². The first kappa shape index (κ1) is 15.5. The molecule has 1 aromatic carbocycles. The second-order valence-electron chi connectivity index (χ2n) is 4.84. The Hall–Kier alpha value is -1.55. The monoisotopic (exact) mass is 264 g/mol. The van der Waals surface area contributed by atoms with Crippen LogP contribution in [0.15, 0.2) is 24.3 Å². The van der Waals surface area contributed by atoms with Crippen LogP contribution in [0.3, 0.4) is 0 Å². The van der Waals surface area contributed by atoms with Crippen LogP contribution in [-0.4, -0.2) is 19.6 Å². The van der Waals surface area contributed by atoms with Gasteiger partial charge in [-0.2, -0.15) is 0 Å². The zero-order valence-corrected chi connectivity index (χ0v) is 12.0. The molecule has 0 saturated carbocycles. The summed E-state index contributed by atoms with van der Waals surface area (Å²) in [6.45, 7) is 4.54. The lowest BCUT2D eigenvalue weighted by Gasteiger charge is -2.18.